The summed E-state index contributed by atoms with van der Waals surface area (Å²) in [5.41, 5.74) is 2.68. The van der Waals surface area contributed by atoms with Crippen LogP contribution in [0.2, 0.25) is 0 Å². The van der Waals surface area contributed by atoms with Gasteiger partial charge in [-0.3, -0.25) is 5.43 Å². The molecule has 50 valence electrons. The summed E-state index contributed by atoms with van der Waals surface area (Å²) in [5, 5.41) is 3.74. The molecule has 0 amide bonds. The number of hydrogen-bond acceptors (Lipinski definition) is 2. The molecule has 0 bridgehead atoms. The molecule has 0 saturated heterocycles. The minimum atomic E-state index is 0.739. The third-order valence-corrected chi connectivity index (χ3v) is 0.640. The summed E-state index contributed by atoms with van der Waals surface area (Å²) in [4.78, 5) is 3.82. The second kappa shape index (κ2) is 5.03. The van der Waals surface area contributed by atoms with Crippen molar-refractivity contribution < 1.29 is 0 Å². The summed E-state index contributed by atoms with van der Waals surface area (Å²) in [6.45, 7) is 7.07. The van der Waals surface area contributed by atoms with Crippen molar-refractivity contribution in [3.8, 4) is 0 Å². The number of nitrogens with one attached hydrogen (secondary N) is 1. The Hall–Kier alpha value is -1.12. The van der Waals surface area contributed by atoms with Crippen molar-refractivity contribution in [1.29, 1.82) is 0 Å². The van der Waals surface area contributed by atoms with Crippen LogP contribution in [0.3, 0.4) is 0 Å². The maximum atomic E-state index is 3.82. The Morgan fingerprint density at radius 2 is 2.33 bits per heavy atom. The maximum Gasteiger partial charge on any atom is 0.118 e. The van der Waals surface area contributed by atoms with Crippen LogP contribution in [0.4, 0.5) is 0 Å². The van der Waals surface area contributed by atoms with Crippen LogP contribution in [-0.2, 0) is 0 Å². The van der Waals surface area contributed by atoms with Crippen LogP contribution < -0.4 is 5.43 Å². The lowest BCUT2D eigenvalue weighted by molar-refractivity contribution is 1.02. The summed E-state index contributed by atoms with van der Waals surface area (Å²) in [5.74, 6) is 0.739. The largest absolute Gasteiger partial charge is 0.266 e. The molecule has 0 aromatic rings. The van der Waals surface area contributed by atoms with Crippen molar-refractivity contribution in [2.24, 2.45) is 10.1 Å². The lowest BCUT2D eigenvalue weighted by Gasteiger charge is -1.93. The van der Waals surface area contributed by atoms with Crippen molar-refractivity contribution in [1.82, 2.24) is 5.43 Å². The van der Waals surface area contributed by atoms with Crippen LogP contribution in [0.15, 0.2) is 22.9 Å². The fourth-order valence-corrected chi connectivity index (χ4v) is 0.324. The Balaban J connectivity index is 3.61. The summed E-state index contributed by atoms with van der Waals surface area (Å²) < 4.78 is 0. The topological polar surface area (TPSA) is 36.8 Å². The molecule has 3 nitrogen and oxygen atoms in total. The Kier molecular flexibility index (Phi) is 4.40. The zero-order chi connectivity index (χ0) is 7.11. The number of rotatable bonds is 2. The molecule has 1 N–H and O–H groups in total. The van der Waals surface area contributed by atoms with Gasteiger partial charge in [-0.1, -0.05) is 6.58 Å². The van der Waals surface area contributed by atoms with Crippen LogP contribution in [0.1, 0.15) is 13.8 Å². The molecule has 0 saturated carbocycles. The minimum absolute atomic E-state index is 0.739. The minimum Gasteiger partial charge on any atom is -0.266 e. The van der Waals surface area contributed by atoms with Gasteiger partial charge in [-0.15, -0.1) is 0 Å². The number of hydrogen-bond donors (Lipinski definition) is 1. The van der Waals surface area contributed by atoms with Gasteiger partial charge in [-0.25, -0.2) is 4.99 Å². The number of aliphatic imine (C=N–C) groups is 1. The van der Waals surface area contributed by atoms with Crippen LogP contribution in [0, 0.1) is 0 Å². The third kappa shape index (κ3) is 4.74. The fraction of sp³-hybridized carbons (Fsp3) is 0.333. The second-order valence-corrected chi connectivity index (χ2v) is 1.40. The number of amidine groups is 1. The van der Waals surface area contributed by atoms with Gasteiger partial charge in [-0.2, -0.15) is 5.10 Å². The summed E-state index contributed by atoms with van der Waals surface area (Å²) in [6.07, 6.45) is 3.12. The van der Waals surface area contributed by atoms with E-state index in [-0.39, 0.29) is 0 Å². The van der Waals surface area contributed by atoms with Gasteiger partial charge in [0.1, 0.15) is 5.84 Å². The van der Waals surface area contributed by atoms with Crippen molar-refractivity contribution in [2.45, 2.75) is 13.8 Å². The van der Waals surface area contributed by atoms with Gasteiger partial charge < -0.3 is 0 Å². The lowest BCUT2D eigenvalue weighted by atomic mass is 10.7. The van der Waals surface area contributed by atoms with Gasteiger partial charge in [0.15, 0.2) is 0 Å². The molecule has 0 fully saturated rings. The van der Waals surface area contributed by atoms with Gasteiger partial charge in [0, 0.05) is 12.4 Å². The van der Waals surface area contributed by atoms with Crippen molar-refractivity contribution in [2.75, 3.05) is 0 Å². The predicted molar refractivity (Wildman–Crippen MR) is 40.6 cm³/mol. The van der Waals surface area contributed by atoms with Gasteiger partial charge >= 0.3 is 0 Å². The molecule has 0 aliphatic heterocycles. The first-order valence-electron chi connectivity index (χ1n) is 2.70. The smallest absolute Gasteiger partial charge is 0.118 e. The van der Waals surface area contributed by atoms with E-state index < -0.39 is 0 Å². The van der Waals surface area contributed by atoms with Gasteiger partial charge in [0.05, 0.1) is 0 Å². The molecular weight excluding hydrogens is 114 g/mol. The predicted octanol–water partition coefficient (Wildman–Crippen LogP) is 1.14. The second-order valence-electron chi connectivity index (χ2n) is 1.40. The van der Waals surface area contributed by atoms with Crippen molar-refractivity contribution in [3.63, 3.8) is 0 Å². The molecule has 3 heteroatoms. The average Bonchev–Trinajstić information content (AvgIpc) is 1.85. The molecule has 0 unspecified atom stereocenters. The van der Waals surface area contributed by atoms with E-state index in [1.54, 1.807) is 6.21 Å². The molecular formula is C6H11N3. The van der Waals surface area contributed by atoms with E-state index in [0.717, 1.165) is 5.84 Å². The Morgan fingerprint density at radius 3 is 2.78 bits per heavy atom. The monoisotopic (exact) mass is 125 g/mol. The molecule has 0 aliphatic rings. The van der Waals surface area contributed by atoms with E-state index in [1.165, 1.54) is 6.20 Å². The first-order valence-corrected chi connectivity index (χ1v) is 2.70. The molecule has 0 heterocycles. The molecule has 0 aliphatic carbocycles. The first-order chi connectivity index (χ1) is 4.31. The molecule has 0 rings (SSSR count). The van der Waals surface area contributed by atoms with Crippen molar-refractivity contribution in [3.05, 3.63) is 12.8 Å². The standard InChI is InChI=1S/C6H11N3/c1-4-7-6(3)9-8-5-2/h4-5H,1H2,2-3H3,(H,7,9)/b8-5+. The quantitative estimate of drug-likeness (QED) is 0.335. The molecule has 0 spiro atoms. The average molecular weight is 125 g/mol. The van der Waals surface area contributed by atoms with Gasteiger partial charge in [-0.05, 0) is 13.8 Å². The maximum absolute atomic E-state index is 3.82. The zero-order valence-corrected chi connectivity index (χ0v) is 5.76. The highest BCUT2D eigenvalue weighted by Gasteiger charge is 1.78. The van der Waals surface area contributed by atoms with Crippen LogP contribution in [0.5, 0.6) is 0 Å². The molecule has 0 atom stereocenters. The summed E-state index contributed by atoms with van der Waals surface area (Å²) >= 11 is 0. The SMILES string of the molecule is C=CN=C(C)N/N=C/C. The highest BCUT2D eigenvalue weighted by Crippen LogP contribution is 1.71. The van der Waals surface area contributed by atoms with E-state index in [1.807, 2.05) is 13.8 Å². The Bertz CT molecular complexity index is 135. The van der Waals surface area contributed by atoms with E-state index in [0.29, 0.717) is 0 Å². The number of nitrogens with zero attached hydrogens (tertiary/aromatic N) is 2. The van der Waals surface area contributed by atoms with Crippen LogP contribution in [0.25, 0.3) is 0 Å². The molecule has 0 radical (unpaired) electrons. The zero-order valence-electron chi connectivity index (χ0n) is 5.76. The Morgan fingerprint density at radius 1 is 1.67 bits per heavy atom. The van der Waals surface area contributed by atoms with E-state index in [4.69, 9.17) is 0 Å². The molecule has 0 aromatic heterocycles. The fourth-order valence-electron chi connectivity index (χ4n) is 0.324. The highest BCUT2D eigenvalue weighted by atomic mass is 15.3. The summed E-state index contributed by atoms with van der Waals surface area (Å²) in [7, 11) is 0. The normalized spacial score (nSPS) is 12.0. The van der Waals surface area contributed by atoms with Gasteiger partial charge in [0.25, 0.3) is 0 Å². The first kappa shape index (κ1) is 7.88. The molecule has 9 heavy (non-hydrogen) atoms. The van der Waals surface area contributed by atoms with E-state index in [2.05, 4.69) is 22.1 Å². The van der Waals surface area contributed by atoms with Crippen LogP contribution in [-0.4, -0.2) is 12.1 Å². The summed E-state index contributed by atoms with van der Waals surface area (Å²) in [6, 6.07) is 0. The highest BCUT2D eigenvalue weighted by molar-refractivity contribution is 5.80. The molecule has 0 aromatic carbocycles. The van der Waals surface area contributed by atoms with E-state index in [9.17, 15) is 0 Å². The van der Waals surface area contributed by atoms with Gasteiger partial charge in [0.2, 0.25) is 0 Å². The van der Waals surface area contributed by atoms with Crippen LogP contribution >= 0.6 is 0 Å². The lowest BCUT2D eigenvalue weighted by Crippen LogP contribution is -2.12. The number of hydrazone groups is 1. The van der Waals surface area contributed by atoms with E-state index >= 15 is 0 Å². The third-order valence-electron chi connectivity index (χ3n) is 0.640. The Labute approximate surface area is 55.2 Å². The van der Waals surface area contributed by atoms with Crippen molar-refractivity contribution >= 4 is 12.1 Å².